The lowest BCUT2D eigenvalue weighted by atomic mass is 9.53. The maximum atomic E-state index is 13.6. The van der Waals surface area contributed by atoms with Crippen LogP contribution in [-0.4, -0.2) is 53.2 Å². The van der Waals surface area contributed by atoms with Crippen molar-refractivity contribution in [2.75, 3.05) is 24.6 Å². The van der Waals surface area contributed by atoms with Crippen molar-refractivity contribution in [3.63, 3.8) is 0 Å². The molecular formula is C28H28N3O4+. The number of para-hydroxylation sites is 1. The quantitative estimate of drug-likeness (QED) is 0.297. The van der Waals surface area contributed by atoms with E-state index >= 15 is 0 Å². The molecule has 7 heteroatoms. The number of benzene rings is 2. The highest BCUT2D eigenvalue weighted by molar-refractivity contribution is 5.99. The van der Waals surface area contributed by atoms with Gasteiger partial charge >= 0.3 is 0 Å². The molecule has 7 nitrogen and oxygen atoms in total. The molecule has 8 rings (SSSR count). The number of carbonyl (C=O) groups is 1. The Morgan fingerprint density at radius 1 is 1.17 bits per heavy atom. The van der Waals surface area contributed by atoms with Gasteiger partial charge in [0.25, 0.3) is 5.69 Å². The Labute approximate surface area is 203 Å². The van der Waals surface area contributed by atoms with Gasteiger partial charge in [-0.2, -0.15) is 0 Å². The molecule has 1 amide bonds. The lowest BCUT2D eigenvalue weighted by Gasteiger charge is -2.60. The van der Waals surface area contributed by atoms with Crippen molar-refractivity contribution in [1.82, 2.24) is 0 Å². The van der Waals surface area contributed by atoms with Crippen LogP contribution in [0.4, 0.5) is 11.4 Å². The van der Waals surface area contributed by atoms with E-state index in [2.05, 4.69) is 35.2 Å². The van der Waals surface area contributed by atoms with E-state index in [1.165, 1.54) is 11.1 Å². The summed E-state index contributed by atoms with van der Waals surface area (Å²) in [6.07, 6.45) is 5.01. The largest absolute Gasteiger partial charge is 0.373 e. The van der Waals surface area contributed by atoms with E-state index in [1.54, 1.807) is 12.1 Å². The van der Waals surface area contributed by atoms with Crippen LogP contribution in [0, 0.1) is 22.0 Å². The molecule has 0 aromatic heterocycles. The number of fused-ring (bicyclic) bond motifs is 2. The first-order chi connectivity index (χ1) is 17.0. The monoisotopic (exact) mass is 470 g/mol. The molecule has 0 radical (unpaired) electrons. The molecule has 178 valence electrons. The first-order valence-corrected chi connectivity index (χ1v) is 12.8. The van der Waals surface area contributed by atoms with Gasteiger partial charge in [0.05, 0.1) is 42.1 Å². The van der Waals surface area contributed by atoms with Crippen molar-refractivity contribution >= 4 is 17.3 Å². The highest BCUT2D eigenvalue weighted by Crippen LogP contribution is 2.67. The van der Waals surface area contributed by atoms with Gasteiger partial charge in [-0.1, -0.05) is 24.3 Å². The second-order valence-electron chi connectivity index (χ2n) is 11.5. The van der Waals surface area contributed by atoms with Crippen LogP contribution >= 0.6 is 0 Å². The van der Waals surface area contributed by atoms with Crippen LogP contribution in [0.5, 0.6) is 0 Å². The van der Waals surface area contributed by atoms with Crippen molar-refractivity contribution in [1.29, 1.82) is 0 Å². The van der Waals surface area contributed by atoms with Crippen LogP contribution in [0.3, 0.4) is 0 Å². The van der Waals surface area contributed by atoms with E-state index in [0.29, 0.717) is 30.9 Å². The maximum Gasteiger partial charge on any atom is 0.269 e. The second kappa shape index (κ2) is 6.59. The van der Waals surface area contributed by atoms with E-state index in [0.717, 1.165) is 48.2 Å². The lowest BCUT2D eigenvalue weighted by Crippen LogP contribution is -2.72. The van der Waals surface area contributed by atoms with Gasteiger partial charge in [-0.3, -0.25) is 14.9 Å². The summed E-state index contributed by atoms with van der Waals surface area (Å²) < 4.78 is 7.36. The summed E-state index contributed by atoms with van der Waals surface area (Å²) in [6, 6.07) is 16.4. The molecule has 35 heavy (non-hydrogen) atoms. The highest BCUT2D eigenvalue weighted by Gasteiger charge is 2.75. The van der Waals surface area contributed by atoms with Gasteiger partial charge in [-0.25, -0.2) is 0 Å². The predicted molar refractivity (Wildman–Crippen MR) is 129 cm³/mol. The molecule has 6 aliphatic rings. The standard InChI is InChI=1S/C28H28N3O4/c32-25-14-23-26-20-13-24-28(21-3-1-2-4-22(21)29(25)27(26)28)10-11-31(24,16-18(20)9-12-35-23)15-17-5-7-19(8-6-17)30(33)34/h1-9,20,23-24,26-27H,10-16H2/q+1/t20-,23-,24-,26-,27-,28+,31?/m0/s1. The number of hydrogen-bond donors (Lipinski definition) is 0. The van der Waals surface area contributed by atoms with Gasteiger partial charge in [0, 0.05) is 42.1 Å². The summed E-state index contributed by atoms with van der Waals surface area (Å²) in [5.74, 6) is 1.03. The molecule has 5 aliphatic heterocycles. The fourth-order valence-corrected chi connectivity index (χ4v) is 9.29. The minimum Gasteiger partial charge on any atom is -0.373 e. The Morgan fingerprint density at radius 3 is 2.83 bits per heavy atom. The summed E-state index contributed by atoms with van der Waals surface area (Å²) in [5.41, 5.74) is 5.24. The topological polar surface area (TPSA) is 72.7 Å². The fourth-order valence-electron chi connectivity index (χ4n) is 9.29. The van der Waals surface area contributed by atoms with Gasteiger partial charge in [-0.05, 0) is 35.3 Å². The van der Waals surface area contributed by atoms with Gasteiger partial charge < -0.3 is 14.1 Å². The average Bonchev–Trinajstić information content (AvgIpc) is 3.29. The van der Waals surface area contributed by atoms with Crippen molar-refractivity contribution < 1.29 is 18.9 Å². The van der Waals surface area contributed by atoms with E-state index in [9.17, 15) is 14.9 Å². The minimum atomic E-state index is -0.329. The summed E-state index contributed by atoms with van der Waals surface area (Å²) in [4.78, 5) is 26.6. The maximum absolute atomic E-state index is 13.6. The average molecular weight is 471 g/mol. The van der Waals surface area contributed by atoms with Gasteiger partial charge in [0.2, 0.25) is 5.91 Å². The van der Waals surface area contributed by atoms with Crippen LogP contribution in [0.2, 0.25) is 0 Å². The van der Waals surface area contributed by atoms with Gasteiger partial charge in [0.15, 0.2) is 0 Å². The number of quaternary nitrogens is 1. The van der Waals surface area contributed by atoms with Crippen LogP contribution in [0.1, 0.15) is 30.4 Å². The Bertz CT molecular complexity index is 1320. The fraction of sp³-hybridized carbons (Fsp3) is 0.464. The van der Waals surface area contributed by atoms with E-state index < -0.39 is 0 Å². The summed E-state index contributed by atoms with van der Waals surface area (Å²) in [6.45, 7) is 3.54. The zero-order chi connectivity index (χ0) is 23.5. The van der Waals surface area contributed by atoms with Crippen molar-refractivity contribution in [3.05, 3.63) is 81.4 Å². The third kappa shape index (κ3) is 2.36. The van der Waals surface area contributed by atoms with Crippen molar-refractivity contribution in [3.8, 4) is 0 Å². The van der Waals surface area contributed by atoms with Crippen molar-refractivity contribution in [2.45, 2.75) is 49.4 Å². The SMILES string of the molecule is O=C1C[C@@H]2OCC=C3C[N+]4(Cc5ccc([N+](=O)[O-])cc5)CC[C@]56c7ccccc7N1[C@H]5[C@H]2[C@H]3C[C@@H]64. The van der Waals surface area contributed by atoms with E-state index in [4.69, 9.17) is 4.74 Å². The number of amides is 1. The molecule has 1 aliphatic carbocycles. The third-order valence-corrected chi connectivity index (χ3v) is 10.4. The normalized spacial score (nSPS) is 39.7. The minimum absolute atomic E-state index is 0.00455. The summed E-state index contributed by atoms with van der Waals surface area (Å²) in [5, 5.41) is 11.2. The number of carbonyl (C=O) groups excluding carboxylic acids is 1. The first-order valence-electron chi connectivity index (χ1n) is 12.8. The molecule has 1 unspecified atom stereocenters. The lowest BCUT2D eigenvalue weighted by molar-refractivity contribution is -0.955. The molecule has 3 saturated heterocycles. The number of rotatable bonds is 3. The molecule has 2 aromatic rings. The smallest absolute Gasteiger partial charge is 0.269 e. The Kier molecular flexibility index (Phi) is 3.80. The number of ether oxygens (including phenoxy) is 1. The molecule has 0 N–H and O–H groups in total. The van der Waals surface area contributed by atoms with Crippen LogP contribution in [0.15, 0.2) is 60.2 Å². The molecule has 4 fully saturated rings. The predicted octanol–water partition coefficient (Wildman–Crippen LogP) is 3.72. The second-order valence-corrected chi connectivity index (χ2v) is 11.5. The molecule has 2 bridgehead atoms. The molecule has 1 spiro atoms. The zero-order valence-corrected chi connectivity index (χ0v) is 19.5. The number of anilines is 1. The summed E-state index contributed by atoms with van der Waals surface area (Å²) >= 11 is 0. The Hall–Kier alpha value is -3.03. The number of hydrogen-bond acceptors (Lipinski definition) is 4. The van der Waals surface area contributed by atoms with E-state index in [-0.39, 0.29) is 34.1 Å². The zero-order valence-electron chi connectivity index (χ0n) is 19.5. The van der Waals surface area contributed by atoms with Crippen LogP contribution in [-0.2, 0) is 21.5 Å². The van der Waals surface area contributed by atoms with Crippen LogP contribution < -0.4 is 4.90 Å². The molecule has 7 atom stereocenters. The van der Waals surface area contributed by atoms with Crippen molar-refractivity contribution in [2.24, 2.45) is 11.8 Å². The first kappa shape index (κ1) is 20.2. The Balaban J connectivity index is 1.31. The van der Waals surface area contributed by atoms with E-state index in [1.807, 2.05) is 12.1 Å². The van der Waals surface area contributed by atoms with Gasteiger partial charge in [-0.15, -0.1) is 0 Å². The van der Waals surface area contributed by atoms with Gasteiger partial charge in [0.1, 0.15) is 19.1 Å². The number of piperidine rings is 2. The summed E-state index contributed by atoms with van der Waals surface area (Å²) in [7, 11) is 0. The number of non-ortho nitro benzene ring substituents is 1. The molecule has 5 heterocycles. The highest BCUT2D eigenvalue weighted by atomic mass is 16.6. The Morgan fingerprint density at radius 2 is 2.00 bits per heavy atom. The third-order valence-electron chi connectivity index (χ3n) is 10.4. The number of nitro groups is 1. The number of nitrogens with zero attached hydrogens (tertiary/aromatic N) is 3. The molecule has 1 saturated carbocycles. The van der Waals surface area contributed by atoms with Crippen LogP contribution in [0.25, 0.3) is 0 Å². The molecule has 2 aromatic carbocycles. The molecular weight excluding hydrogens is 442 g/mol. The number of nitro benzene ring substituents is 1.